The van der Waals surface area contributed by atoms with Crippen molar-refractivity contribution in [2.24, 2.45) is 0 Å². The van der Waals surface area contributed by atoms with Gasteiger partial charge < -0.3 is 10.1 Å². The topological polar surface area (TPSA) is 96.5 Å². The lowest BCUT2D eigenvalue weighted by atomic mass is 10.1. The highest BCUT2D eigenvalue weighted by Gasteiger charge is 2.17. The third-order valence-electron chi connectivity index (χ3n) is 5.99. The van der Waals surface area contributed by atoms with Crippen LogP contribution in [0.25, 0.3) is 0 Å². The molecule has 39 heavy (non-hydrogen) atoms. The van der Waals surface area contributed by atoms with Gasteiger partial charge in [-0.2, -0.15) is 0 Å². The van der Waals surface area contributed by atoms with Gasteiger partial charge in [-0.3, -0.25) is 14.8 Å². The molecule has 0 atom stereocenters. The molecule has 0 unspecified atom stereocenters. The number of nitrogens with one attached hydrogen (secondary N) is 3. The molecule has 9 heteroatoms. The highest BCUT2D eigenvalue weighted by molar-refractivity contribution is 7.92. The molecule has 4 rings (SSSR count). The summed E-state index contributed by atoms with van der Waals surface area (Å²) in [7, 11) is -3.77. The van der Waals surface area contributed by atoms with Crippen molar-refractivity contribution in [2.75, 3.05) is 16.6 Å². The summed E-state index contributed by atoms with van der Waals surface area (Å²) in [5.74, 6) is 0.297. The summed E-state index contributed by atoms with van der Waals surface area (Å²) < 4.78 is 34.2. The zero-order valence-corrected chi connectivity index (χ0v) is 23.2. The van der Waals surface area contributed by atoms with Crippen LogP contribution in [-0.2, 0) is 16.4 Å². The number of ether oxygens (including phenoxy) is 1. The molecule has 7 nitrogen and oxygen atoms in total. The van der Waals surface area contributed by atoms with Gasteiger partial charge in [0.15, 0.2) is 5.11 Å². The molecular formula is C30H29N3O4S2. The Labute approximate surface area is 234 Å². The summed E-state index contributed by atoms with van der Waals surface area (Å²) in [6.45, 7) is 4.23. The number of hydrogen-bond acceptors (Lipinski definition) is 5. The van der Waals surface area contributed by atoms with Crippen LogP contribution in [0.5, 0.6) is 5.75 Å². The first-order valence-electron chi connectivity index (χ1n) is 12.3. The van der Waals surface area contributed by atoms with Gasteiger partial charge in [0.2, 0.25) is 0 Å². The predicted octanol–water partition coefficient (Wildman–Crippen LogP) is 5.85. The van der Waals surface area contributed by atoms with Gasteiger partial charge in [-0.15, -0.1) is 0 Å². The number of rotatable bonds is 9. The SMILES string of the molecule is Cc1cccc(C)c1NS(=O)(=O)c1ccc(NC(=S)NC(=O)c2ccc(OCCc3ccccc3)cc2)cc1. The minimum absolute atomic E-state index is 0.0902. The highest BCUT2D eigenvalue weighted by atomic mass is 32.2. The Morgan fingerprint density at radius 3 is 2.10 bits per heavy atom. The van der Waals surface area contributed by atoms with Crippen molar-refractivity contribution in [2.45, 2.75) is 25.2 Å². The van der Waals surface area contributed by atoms with Crippen LogP contribution in [0, 0.1) is 13.8 Å². The summed E-state index contributed by atoms with van der Waals surface area (Å²) in [4.78, 5) is 12.7. The molecule has 4 aromatic carbocycles. The third-order valence-corrected chi connectivity index (χ3v) is 7.56. The minimum Gasteiger partial charge on any atom is -0.493 e. The Kier molecular flexibility index (Phi) is 8.96. The molecule has 1 amide bonds. The van der Waals surface area contributed by atoms with E-state index in [2.05, 4.69) is 27.5 Å². The van der Waals surface area contributed by atoms with E-state index in [-0.39, 0.29) is 15.9 Å². The van der Waals surface area contributed by atoms with E-state index in [0.29, 0.717) is 29.3 Å². The molecule has 0 saturated carbocycles. The molecule has 0 aliphatic carbocycles. The Balaban J connectivity index is 1.28. The van der Waals surface area contributed by atoms with Crippen molar-refractivity contribution in [3.05, 3.63) is 119 Å². The van der Waals surface area contributed by atoms with Crippen LogP contribution in [0.15, 0.2) is 102 Å². The number of carbonyl (C=O) groups excluding carboxylic acids is 1. The average molecular weight is 560 g/mol. The van der Waals surface area contributed by atoms with E-state index in [9.17, 15) is 13.2 Å². The van der Waals surface area contributed by atoms with E-state index in [0.717, 1.165) is 17.5 Å². The molecule has 0 aliphatic heterocycles. The van der Waals surface area contributed by atoms with Gasteiger partial charge in [-0.1, -0.05) is 48.5 Å². The second-order valence-electron chi connectivity index (χ2n) is 8.91. The fraction of sp³-hybridized carbons (Fsp3) is 0.133. The summed E-state index contributed by atoms with van der Waals surface area (Å²) in [5, 5.41) is 5.62. The third kappa shape index (κ3) is 7.66. The highest BCUT2D eigenvalue weighted by Crippen LogP contribution is 2.24. The van der Waals surface area contributed by atoms with E-state index in [1.165, 1.54) is 17.7 Å². The van der Waals surface area contributed by atoms with Crippen molar-refractivity contribution < 1.29 is 17.9 Å². The standard InChI is InChI=1S/C30H29N3O4S2/c1-21-7-6-8-22(2)28(21)33-39(35,36)27-17-13-25(14-18-27)31-30(38)32-29(34)24-11-15-26(16-12-24)37-20-19-23-9-4-3-5-10-23/h3-18,33H,19-20H2,1-2H3,(H2,31,32,34,38). The van der Waals surface area contributed by atoms with Crippen LogP contribution < -0.4 is 20.1 Å². The van der Waals surface area contributed by atoms with Gasteiger partial charge in [0.1, 0.15) is 5.75 Å². The van der Waals surface area contributed by atoms with Crippen LogP contribution in [0.2, 0.25) is 0 Å². The van der Waals surface area contributed by atoms with Gasteiger partial charge in [0.05, 0.1) is 17.2 Å². The van der Waals surface area contributed by atoms with E-state index in [1.807, 2.05) is 50.2 Å². The quantitative estimate of drug-likeness (QED) is 0.223. The normalized spacial score (nSPS) is 10.9. The van der Waals surface area contributed by atoms with Crippen molar-refractivity contribution in [3.8, 4) is 5.75 Å². The Morgan fingerprint density at radius 2 is 1.46 bits per heavy atom. The fourth-order valence-electron chi connectivity index (χ4n) is 3.86. The van der Waals surface area contributed by atoms with Crippen molar-refractivity contribution in [1.29, 1.82) is 0 Å². The van der Waals surface area contributed by atoms with Crippen LogP contribution in [0.4, 0.5) is 11.4 Å². The summed E-state index contributed by atoms with van der Waals surface area (Å²) >= 11 is 5.27. The second-order valence-corrected chi connectivity index (χ2v) is 11.0. The first-order valence-corrected chi connectivity index (χ1v) is 14.2. The van der Waals surface area contributed by atoms with Gasteiger partial charge in [0, 0.05) is 17.7 Å². The first kappa shape index (κ1) is 27.8. The van der Waals surface area contributed by atoms with Crippen molar-refractivity contribution >= 4 is 44.6 Å². The molecule has 200 valence electrons. The summed E-state index contributed by atoms with van der Waals surface area (Å²) in [6, 6.07) is 28.6. The maximum Gasteiger partial charge on any atom is 0.261 e. The zero-order chi connectivity index (χ0) is 27.8. The largest absolute Gasteiger partial charge is 0.493 e. The lowest BCUT2D eigenvalue weighted by Crippen LogP contribution is -2.34. The van der Waals surface area contributed by atoms with E-state index >= 15 is 0 Å². The molecule has 0 saturated heterocycles. The number of benzene rings is 4. The number of aryl methyl sites for hydroxylation is 2. The van der Waals surface area contributed by atoms with Gasteiger partial charge in [-0.05, 0) is 91.3 Å². The van der Waals surface area contributed by atoms with Crippen molar-refractivity contribution in [1.82, 2.24) is 5.32 Å². The maximum absolute atomic E-state index is 12.9. The Bertz CT molecular complexity index is 1530. The van der Waals surface area contributed by atoms with Crippen molar-refractivity contribution in [3.63, 3.8) is 0 Å². The molecule has 3 N–H and O–H groups in total. The number of amides is 1. The predicted molar refractivity (Wildman–Crippen MR) is 159 cm³/mol. The minimum atomic E-state index is -3.77. The van der Waals surface area contributed by atoms with Crippen LogP contribution >= 0.6 is 12.2 Å². The molecule has 0 aliphatic rings. The number of hydrogen-bond donors (Lipinski definition) is 3. The molecule has 0 heterocycles. The fourth-order valence-corrected chi connectivity index (χ4v) is 5.27. The van der Waals surface area contributed by atoms with E-state index < -0.39 is 10.0 Å². The molecular weight excluding hydrogens is 530 g/mol. The lowest BCUT2D eigenvalue weighted by Gasteiger charge is -2.14. The van der Waals surface area contributed by atoms with E-state index in [4.69, 9.17) is 17.0 Å². The number of thiocarbonyl (C=S) groups is 1. The zero-order valence-electron chi connectivity index (χ0n) is 21.6. The first-order chi connectivity index (χ1) is 18.7. The van der Waals surface area contributed by atoms with Gasteiger partial charge in [0.25, 0.3) is 15.9 Å². The van der Waals surface area contributed by atoms with Gasteiger partial charge >= 0.3 is 0 Å². The molecule has 0 aromatic heterocycles. The second kappa shape index (κ2) is 12.6. The molecule has 0 spiro atoms. The maximum atomic E-state index is 12.9. The number of para-hydroxylation sites is 1. The number of carbonyl (C=O) groups is 1. The molecule has 4 aromatic rings. The smallest absolute Gasteiger partial charge is 0.261 e. The summed E-state index contributed by atoms with van der Waals surface area (Å²) in [6.07, 6.45) is 0.790. The molecule has 0 fully saturated rings. The van der Waals surface area contributed by atoms with Crippen LogP contribution in [0.1, 0.15) is 27.0 Å². The van der Waals surface area contributed by atoms with Crippen LogP contribution in [-0.4, -0.2) is 26.0 Å². The molecule has 0 radical (unpaired) electrons. The van der Waals surface area contributed by atoms with Crippen LogP contribution in [0.3, 0.4) is 0 Å². The molecule has 0 bridgehead atoms. The number of sulfonamides is 1. The monoisotopic (exact) mass is 559 g/mol. The average Bonchev–Trinajstić information content (AvgIpc) is 2.92. The van der Waals surface area contributed by atoms with E-state index in [1.54, 1.807) is 36.4 Å². The Hall–Kier alpha value is -4.21. The summed E-state index contributed by atoms with van der Waals surface area (Å²) in [5.41, 5.74) is 4.39. The number of anilines is 2. The lowest BCUT2D eigenvalue weighted by molar-refractivity contribution is 0.0977. The van der Waals surface area contributed by atoms with Gasteiger partial charge in [-0.25, -0.2) is 8.42 Å². The Morgan fingerprint density at radius 1 is 0.821 bits per heavy atom.